The van der Waals surface area contributed by atoms with Gasteiger partial charge in [-0.25, -0.2) is 19.4 Å². The predicted octanol–water partition coefficient (Wildman–Crippen LogP) is 3.31. The lowest BCUT2D eigenvalue weighted by atomic mass is 9.94. The van der Waals surface area contributed by atoms with Gasteiger partial charge in [-0.2, -0.15) is 10.4 Å². The van der Waals surface area contributed by atoms with Crippen molar-refractivity contribution in [2.75, 3.05) is 24.6 Å². The highest BCUT2D eigenvalue weighted by atomic mass is 19.1. The number of nitriles is 1. The first kappa shape index (κ1) is 22.0. The van der Waals surface area contributed by atoms with Gasteiger partial charge in [0, 0.05) is 43.3 Å². The number of carbonyl (C=O) groups excluding carboxylic acids is 1. The van der Waals surface area contributed by atoms with Gasteiger partial charge in [0.05, 0.1) is 35.7 Å². The Labute approximate surface area is 196 Å². The Hall–Kier alpha value is -3.84. The third kappa shape index (κ3) is 4.22. The van der Waals surface area contributed by atoms with Crippen LogP contribution in [0.3, 0.4) is 0 Å². The second-order valence-electron chi connectivity index (χ2n) is 8.59. The Bertz CT molecular complexity index is 1250. The van der Waals surface area contributed by atoms with E-state index in [-0.39, 0.29) is 17.4 Å². The van der Waals surface area contributed by atoms with E-state index in [1.54, 1.807) is 12.4 Å². The van der Waals surface area contributed by atoms with Crippen molar-refractivity contribution in [2.45, 2.75) is 32.2 Å². The van der Waals surface area contributed by atoms with Gasteiger partial charge >= 0.3 is 0 Å². The van der Waals surface area contributed by atoms with E-state index in [1.807, 2.05) is 25.3 Å². The molecule has 5 rings (SSSR count). The number of piperidine rings is 1. The molecule has 4 heterocycles. The fraction of sp³-hybridized carbons (Fsp3) is 0.375. The largest absolute Gasteiger partial charge is 0.356 e. The smallest absolute Gasteiger partial charge is 0.249 e. The Kier molecular flexibility index (Phi) is 5.94. The maximum Gasteiger partial charge on any atom is 0.249 e. The first-order valence-corrected chi connectivity index (χ1v) is 11.3. The summed E-state index contributed by atoms with van der Waals surface area (Å²) in [5, 5.41) is 17.6. The number of benzene rings is 1. The number of anilines is 1. The van der Waals surface area contributed by atoms with Crippen LogP contribution in [0.15, 0.2) is 36.8 Å². The summed E-state index contributed by atoms with van der Waals surface area (Å²) in [4.78, 5) is 29.9. The number of hydrogen-bond acceptors (Lipinski definition) is 7. The van der Waals surface area contributed by atoms with Crippen LogP contribution < -0.4 is 4.90 Å². The van der Waals surface area contributed by atoms with Gasteiger partial charge in [-0.3, -0.25) is 14.7 Å². The molecule has 2 aromatic heterocycles. The van der Waals surface area contributed by atoms with Crippen molar-refractivity contribution < 1.29 is 14.0 Å². The van der Waals surface area contributed by atoms with E-state index in [0.717, 1.165) is 22.8 Å². The third-order valence-corrected chi connectivity index (χ3v) is 6.48. The molecular formula is C24H24FN7O2. The lowest BCUT2D eigenvalue weighted by Gasteiger charge is -2.34. The molecule has 2 fully saturated rings. The SMILES string of the molecule is Cc1n[nH]cc1-c1cc(N2CCC(C(=O)N3OCCC3c3cc(F)cc(C#N)c3)CC2)ncn1. The highest BCUT2D eigenvalue weighted by Crippen LogP contribution is 2.35. The van der Waals surface area contributed by atoms with E-state index in [1.165, 1.54) is 17.2 Å². The Morgan fingerprint density at radius 3 is 2.76 bits per heavy atom. The van der Waals surface area contributed by atoms with Crippen LogP contribution >= 0.6 is 0 Å². The molecule has 1 atom stereocenters. The number of halogens is 1. The number of amides is 1. The van der Waals surface area contributed by atoms with E-state index < -0.39 is 11.9 Å². The van der Waals surface area contributed by atoms with E-state index >= 15 is 0 Å². The molecule has 174 valence electrons. The van der Waals surface area contributed by atoms with Crippen molar-refractivity contribution in [2.24, 2.45) is 5.92 Å². The van der Waals surface area contributed by atoms with Gasteiger partial charge in [0.15, 0.2) is 0 Å². The van der Waals surface area contributed by atoms with Crippen molar-refractivity contribution in [3.63, 3.8) is 0 Å². The third-order valence-electron chi connectivity index (χ3n) is 6.48. The maximum absolute atomic E-state index is 14.0. The molecule has 0 radical (unpaired) electrons. The minimum absolute atomic E-state index is 0.0951. The zero-order valence-corrected chi connectivity index (χ0v) is 18.7. The summed E-state index contributed by atoms with van der Waals surface area (Å²) in [6, 6.07) is 7.70. The number of H-pyrrole nitrogens is 1. The average Bonchev–Trinajstić information content (AvgIpc) is 3.52. The molecule has 1 aromatic carbocycles. The molecule has 9 nitrogen and oxygen atoms in total. The van der Waals surface area contributed by atoms with Gasteiger partial charge in [0.2, 0.25) is 5.91 Å². The summed E-state index contributed by atoms with van der Waals surface area (Å²) >= 11 is 0. The van der Waals surface area contributed by atoms with Crippen LogP contribution in [-0.4, -0.2) is 50.8 Å². The Balaban J connectivity index is 1.26. The van der Waals surface area contributed by atoms with Crippen LogP contribution in [0.1, 0.15) is 42.1 Å². The summed E-state index contributed by atoms with van der Waals surface area (Å²) in [7, 11) is 0. The highest BCUT2D eigenvalue weighted by molar-refractivity contribution is 5.79. The molecule has 34 heavy (non-hydrogen) atoms. The van der Waals surface area contributed by atoms with E-state index in [2.05, 4.69) is 25.1 Å². The maximum atomic E-state index is 14.0. The number of hydrogen-bond donors (Lipinski definition) is 1. The van der Waals surface area contributed by atoms with Crippen molar-refractivity contribution in [1.82, 2.24) is 25.2 Å². The normalized spacial score (nSPS) is 18.8. The number of nitrogens with one attached hydrogen (secondary N) is 1. The Morgan fingerprint density at radius 1 is 1.21 bits per heavy atom. The van der Waals surface area contributed by atoms with Crippen LogP contribution in [0.25, 0.3) is 11.3 Å². The van der Waals surface area contributed by atoms with Crippen molar-refractivity contribution in [3.05, 3.63) is 59.4 Å². The molecule has 0 aliphatic carbocycles. The average molecular weight is 462 g/mol. The Morgan fingerprint density at radius 2 is 2.03 bits per heavy atom. The molecule has 0 spiro atoms. The quantitative estimate of drug-likeness (QED) is 0.635. The van der Waals surface area contributed by atoms with Crippen LogP contribution in [0, 0.1) is 30.0 Å². The molecular weight excluding hydrogens is 437 g/mol. The summed E-state index contributed by atoms with van der Waals surface area (Å²) in [6.45, 7) is 3.65. The summed E-state index contributed by atoms with van der Waals surface area (Å²) < 4.78 is 14.0. The second kappa shape index (κ2) is 9.19. The van der Waals surface area contributed by atoms with Crippen molar-refractivity contribution in [3.8, 4) is 17.3 Å². The number of aromatic amines is 1. The predicted molar refractivity (Wildman–Crippen MR) is 121 cm³/mol. The minimum Gasteiger partial charge on any atom is -0.356 e. The van der Waals surface area contributed by atoms with Gasteiger partial charge in [0.25, 0.3) is 0 Å². The number of nitrogens with zero attached hydrogens (tertiary/aromatic N) is 6. The molecule has 2 aliphatic rings. The van der Waals surface area contributed by atoms with E-state index in [4.69, 9.17) is 10.1 Å². The number of carbonyl (C=O) groups is 1. The number of aromatic nitrogens is 4. The van der Waals surface area contributed by atoms with Crippen molar-refractivity contribution >= 4 is 11.7 Å². The fourth-order valence-corrected chi connectivity index (χ4v) is 4.68. The van der Waals surface area contributed by atoms with Crippen LogP contribution in [0.2, 0.25) is 0 Å². The number of hydroxylamine groups is 2. The van der Waals surface area contributed by atoms with Crippen molar-refractivity contribution in [1.29, 1.82) is 5.26 Å². The molecule has 2 aliphatic heterocycles. The van der Waals surface area contributed by atoms with E-state index in [9.17, 15) is 9.18 Å². The highest BCUT2D eigenvalue weighted by Gasteiger charge is 2.37. The van der Waals surface area contributed by atoms with Crippen LogP contribution in [-0.2, 0) is 9.63 Å². The summed E-state index contributed by atoms with van der Waals surface area (Å²) in [6.07, 6.45) is 5.24. The molecule has 0 saturated carbocycles. The van der Waals surface area contributed by atoms with Gasteiger partial charge in [-0.05, 0) is 43.5 Å². The molecule has 1 N–H and O–H groups in total. The van der Waals surface area contributed by atoms with Gasteiger partial charge in [0.1, 0.15) is 18.0 Å². The van der Waals surface area contributed by atoms with Gasteiger partial charge in [-0.1, -0.05) is 0 Å². The molecule has 2 saturated heterocycles. The summed E-state index contributed by atoms with van der Waals surface area (Å²) in [5.41, 5.74) is 3.42. The molecule has 0 bridgehead atoms. The summed E-state index contributed by atoms with van der Waals surface area (Å²) in [5.74, 6) is 0.0349. The van der Waals surface area contributed by atoms with E-state index in [0.29, 0.717) is 44.5 Å². The lowest BCUT2D eigenvalue weighted by Crippen LogP contribution is -2.42. The zero-order chi connectivity index (χ0) is 23.7. The first-order chi connectivity index (χ1) is 16.5. The second-order valence-corrected chi connectivity index (χ2v) is 8.59. The fourth-order valence-electron chi connectivity index (χ4n) is 4.68. The number of rotatable bonds is 4. The molecule has 1 unspecified atom stereocenters. The van der Waals surface area contributed by atoms with Gasteiger partial charge < -0.3 is 4.90 Å². The van der Waals surface area contributed by atoms with Crippen LogP contribution in [0.4, 0.5) is 10.2 Å². The monoisotopic (exact) mass is 461 g/mol. The molecule has 3 aromatic rings. The lowest BCUT2D eigenvalue weighted by molar-refractivity contribution is -0.182. The minimum atomic E-state index is -0.489. The van der Waals surface area contributed by atoms with Crippen LogP contribution in [0.5, 0.6) is 0 Å². The number of aryl methyl sites for hydroxylation is 1. The molecule has 1 amide bonds. The first-order valence-electron chi connectivity index (χ1n) is 11.3. The van der Waals surface area contributed by atoms with Gasteiger partial charge in [-0.15, -0.1) is 0 Å². The zero-order valence-electron chi connectivity index (χ0n) is 18.7. The molecule has 10 heteroatoms. The topological polar surface area (TPSA) is 111 Å². The standard InChI is InChI=1S/C24H24FN7O2/c1-15-20(13-29-30-15)21-11-23(28-14-27-21)31-5-2-17(3-6-31)24(33)32-22(4-7-34-32)18-8-16(12-26)9-19(25)10-18/h8-11,13-14,17,22H,2-7H2,1H3,(H,29,30).